The number of aliphatic hydroxyl groups excluding tert-OH is 1. The Kier molecular flexibility index (Phi) is 5.09. The van der Waals surface area contributed by atoms with Crippen molar-refractivity contribution in [2.24, 2.45) is 0 Å². The Labute approximate surface area is 107 Å². The van der Waals surface area contributed by atoms with E-state index in [-0.39, 0.29) is 0 Å². The molecule has 0 saturated carbocycles. The van der Waals surface area contributed by atoms with Gasteiger partial charge in [-0.3, -0.25) is 0 Å². The monoisotopic (exact) mass is 336 g/mol. The topological polar surface area (TPSA) is 29.5 Å². The first-order valence-corrected chi connectivity index (χ1v) is 6.45. The molecule has 0 spiro atoms. The Balaban J connectivity index is 2.98. The molecular formula is C11H14Br2O2. The fourth-order valence-electron chi connectivity index (χ4n) is 1.33. The summed E-state index contributed by atoms with van der Waals surface area (Å²) in [6.45, 7) is 3.72. The molecule has 0 amide bonds. The van der Waals surface area contributed by atoms with E-state index < -0.39 is 6.29 Å². The van der Waals surface area contributed by atoms with E-state index in [0.717, 1.165) is 21.8 Å². The number of aryl methyl sites for hydroxylation is 1. The maximum Gasteiger partial charge on any atom is 0.194 e. The molecule has 84 valence electrons. The van der Waals surface area contributed by atoms with Crippen molar-refractivity contribution in [3.8, 4) is 5.75 Å². The normalized spacial score (nSPS) is 12.6. The predicted octanol–water partition coefficient (Wildman–Crippen LogP) is 3.88. The Bertz CT molecular complexity index is 314. The molecule has 1 aromatic rings. The van der Waals surface area contributed by atoms with E-state index in [4.69, 9.17) is 9.84 Å². The summed E-state index contributed by atoms with van der Waals surface area (Å²) in [7, 11) is 0. The van der Waals surface area contributed by atoms with Crippen LogP contribution in [0.2, 0.25) is 0 Å². The van der Waals surface area contributed by atoms with Gasteiger partial charge in [-0.2, -0.15) is 0 Å². The number of rotatable bonds is 4. The van der Waals surface area contributed by atoms with Crippen molar-refractivity contribution in [1.29, 1.82) is 0 Å². The third kappa shape index (κ3) is 3.78. The maximum absolute atomic E-state index is 9.16. The highest BCUT2D eigenvalue weighted by Crippen LogP contribution is 2.35. The fraction of sp³-hybridized carbons (Fsp3) is 0.455. The SMILES string of the molecule is CCCc1cc(Br)c(OC(C)O)c(Br)c1. The van der Waals surface area contributed by atoms with E-state index >= 15 is 0 Å². The molecule has 4 heteroatoms. The summed E-state index contributed by atoms with van der Waals surface area (Å²) in [6, 6.07) is 4.04. The zero-order valence-corrected chi connectivity index (χ0v) is 11.9. The summed E-state index contributed by atoms with van der Waals surface area (Å²) in [4.78, 5) is 0. The molecule has 0 aliphatic rings. The van der Waals surface area contributed by atoms with E-state index in [1.54, 1.807) is 6.92 Å². The van der Waals surface area contributed by atoms with E-state index in [2.05, 4.69) is 38.8 Å². The van der Waals surface area contributed by atoms with Crippen molar-refractivity contribution < 1.29 is 9.84 Å². The minimum atomic E-state index is -0.811. The van der Waals surface area contributed by atoms with Crippen LogP contribution in [0.15, 0.2) is 21.1 Å². The standard InChI is InChI=1S/C11H14Br2O2/c1-3-4-8-5-9(12)11(10(13)6-8)15-7(2)14/h5-7,14H,3-4H2,1-2H3. The lowest BCUT2D eigenvalue weighted by molar-refractivity contribution is -0.00145. The Morgan fingerprint density at radius 2 is 1.87 bits per heavy atom. The Hall–Kier alpha value is -0.0600. The number of hydrogen-bond acceptors (Lipinski definition) is 2. The van der Waals surface area contributed by atoms with Crippen LogP contribution in [0.3, 0.4) is 0 Å². The summed E-state index contributed by atoms with van der Waals surface area (Å²) < 4.78 is 7.00. The molecule has 0 aliphatic heterocycles. The Morgan fingerprint density at radius 3 is 2.27 bits per heavy atom. The van der Waals surface area contributed by atoms with Crippen LogP contribution in [0.5, 0.6) is 5.75 Å². The fourth-order valence-corrected chi connectivity index (χ4v) is 2.80. The van der Waals surface area contributed by atoms with Crippen LogP contribution in [0, 0.1) is 0 Å². The van der Waals surface area contributed by atoms with Crippen LogP contribution in [0.1, 0.15) is 25.8 Å². The highest BCUT2D eigenvalue weighted by molar-refractivity contribution is 9.11. The molecule has 1 aromatic carbocycles. The number of ether oxygens (including phenoxy) is 1. The van der Waals surface area contributed by atoms with Gasteiger partial charge in [0.2, 0.25) is 0 Å². The molecule has 2 nitrogen and oxygen atoms in total. The van der Waals surface area contributed by atoms with Crippen LogP contribution in [-0.2, 0) is 6.42 Å². The van der Waals surface area contributed by atoms with Crippen LogP contribution in [0.4, 0.5) is 0 Å². The molecule has 0 saturated heterocycles. The van der Waals surface area contributed by atoms with E-state index in [9.17, 15) is 0 Å². The van der Waals surface area contributed by atoms with E-state index in [1.165, 1.54) is 5.56 Å². The number of halogens is 2. The van der Waals surface area contributed by atoms with Crippen molar-refractivity contribution in [3.63, 3.8) is 0 Å². The zero-order chi connectivity index (χ0) is 11.4. The van der Waals surface area contributed by atoms with Crippen molar-refractivity contribution in [2.45, 2.75) is 33.0 Å². The van der Waals surface area contributed by atoms with Gasteiger partial charge in [0.05, 0.1) is 8.95 Å². The minimum Gasteiger partial charge on any atom is -0.463 e. The molecule has 1 unspecified atom stereocenters. The van der Waals surface area contributed by atoms with Crippen molar-refractivity contribution in [2.75, 3.05) is 0 Å². The summed E-state index contributed by atoms with van der Waals surface area (Å²) in [5.41, 5.74) is 1.24. The quantitative estimate of drug-likeness (QED) is 0.845. The Morgan fingerprint density at radius 1 is 1.33 bits per heavy atom. The maximum atomic E-state index is 9.16. The summed E-state index contributed by atoms with van der Waals surface area (Å²) in [5.74, 6) is 0.643. The molecule has 0 radical (unpaired) electrons. The van der Waals surface area contributed by atoms with E-state index in [1.807, 2.05) is 12.1 Å². The third-order valence-corrected chi connectivity index (χ3v) is 3.06. The molecule has 0 aliphatic carbocycles. The van der Waals surface area contributed by atoms with Gasteiger partial charge in [-0.05, 0) is 62.9 Å². The molecular weight excluding hydrogens is 324 g/mol. The molecule has 1 rings (SSSR count). The van der Waals surface area contributed by atoms with Gasteiger partial charge in [0.15, 0.2) is 12.0 Å². The van der Waals surface area contributed by atoms with Crippen LogP contribution in [0.25, 0.3) is 0 Å². The summed E-state index contributed by atoms with van der Waals surface area (Å²) in [6.07, 6.45) is 1.33. The molecule has 0 fully saturated rings. The van der Waals surface area contributed by atoms with Crippen LogP contribution < -0.4 is 4.74 Å². The van der Waals surface area contributed by atoms with Gasteiger partial charge >= 0.3 is 0 Å². The second-order valence-corrected chi connectivity index (χ2v) is 5.06. The van der Waals surface area contributed by atoms with Gasteiger partial charge < -0.3 is 9.84 Å². The smallest absolute Gasteiger partial charge is 0.194 e. The second-order valence-electron chi connectivity index (χ2n) is 3.36. The first-order chi connectivity index (χ1) is 7.04. The molecule has 0 aromatic heterocycles. The average Bonchev–Trinajstić information content (AvgIpc) is 2.11. The molecule has 15 heavy (non-hydrogen) atoms. The minimum absolute atomic E-state index is 0.643. The molecule has 0 heterocycles. The van der Waals surface area contributed by atoms with Crippen LogP contribution >= 0.6 is 31.9 Å². The van der Waals surface area contributed by atoms with Gasteiger partial charge in [0, 0.05) is 0 Å². The predicted molar refractivity (Wildman–Crippen MR) is 68.1 cm³/mol. The molecule has 0 bridgehead atoms. The van der Waals surface area contributed by atoms with Gasteiger partial charge in [-0.15, -0.1) is 0 Å². The summed E-state index contributed by atoms with van der Waals surface area (Å²) in [5, 5.41) is 9.16. The first-order valence-electron chi connectivity index (χ1n) is 4.87. The van der Waals surface area contributed by atoms with Gasteiger partial charge in [-0.1, -0.05) is 13.3 Å². The molecule has 1 atom stereocenters. The third-order valence-electron chi connectivity index (χ3n) is 1.89. The number of aliphatic hydroxyl groups is 1. The highest BCUT2D eigenvalue weighted by Gasteiger charge is 2.10. The lowest BCUT2D eigenvalue weighted by atomic mass is 10.1. The lowest BCUT2D eigenvalue weighted by Gasteiger charge is -2.13. The summed E-state index contributed by atoms with van der Waals surface area (Å²) >= 11 is 6.86. The largest absolute Gasteiger partial charge is 0.463 e. The highest BCUT2D eigenvalue weighted by atomic mass is 79.9. The lowest BCUT2D eigenvalue weighted by Crippen LogP contribution is -2.10. The number of hydrogen-bond donors (Lipinski definition) is 1. The van der Waals surface area contributed by atoms with Crippen molar-refractivity contribution in [3.05, 3.63) is 26.6 Å². The number of benzene rings is 1. The van der Waals surface area contributed by atoms with E-state index in [0.29, 0.717) is 5.75 Å². The second kappa shape index (κ2) is 5.87. The molecule has 1 N–H and O–H groups in total. The van der Waals surface area contributed by atoms with Crippen molar-refractivity contribution >= 4 is 31.9 Å². The van der Waals surface area contributed by atoms with Gasteiger partial charge in [0.25, 0.3) is 0 Å². The van der Waals surface area contributed by atoms with Gasteiger partial charge in [-0.25, -0.2) is 0 Å². The first kappa shape index (κ1) is 13.0. The van der Waals surface area contributed by atoms with Crippen molar-refractivity contribution in [1.82, 2.24) is 0 Å². The zero-order valence-electron chi connectivity index (χ0n) is 8.76. The van der Waals surface area contributed by atoms with Gasteiger partial charge in [0.1, 0.15) is 0 Å². The average molecular weight is 338 g/mol. The van der Waals surface area contributed by atoms with Crippen LogP contribution in [-0.4, -0.2) is 11.4 Å².